The highest BCUT2D eigenvalue weighted by atomic mass is 19.1. The van der Waals surface area contributed by atoms with Crippen molar-refractivity contribution in [1.82, 2.24) is 0 Å². The van der Waals surface area contributed by atoms with Gasteiger partial charge in [0, 0.05) is 24.5 Å². The fourth-order valence-electron chi connectivity index (χ4n) is 5.12. The van der Waals surface area contributed by atoms with Crippen LogP contribution in [-0.4, -0.2) is 30.9 Å². The molecule has 0 saturated carbocycles. The molecule has 1 amide bonds. The van der Waals surface area contributed by atoms with Crippen LogP contribution >= 0.6 is 0 Å². The predicted molar refractivity (Wildman–Crippen MR) is 132 cm³/mol. The van der Waals surface area contributed by atoms with Gasteiger partial charge in [-0.2, -0.15) is 4.90 Å². The summed E-state index contributed by atoms with van der Waals surface area (Å²) in [7, 11) is 1.68. The first-order chi connectivity index (χ1) is 17.1. The van der Waals surface area contributed by atoms with Gasteiger partial charge in [-0.1, -0.05) is 48.5 Å². The standard InChI is InChI=1S/C29H24FN3O2/c1-35-22-12-13-23-20(17-22)9-14-26-27(23)31-24(15-18-5-3-2-4-6-18)28-32-25(29(34)33(26)28)16-19-7-10-21(30)11-8-19/h2-14,24-25H,15-17H2,1H3/p+1. The van der Waals surface area contributed by atoms with E-state index in [-0.39, 0.29) is 17.8 Å². The molecule has 2 heterocycles. The lowest BCUT2D eigenvalue weighted by molar-refractivity contribution is -0.481. The lowest BCUT2D eigenvalue weighted by Crippen LogP contribution is -2.80. The number of halogens is 1. The van der Waals surface area contributed by atoms with Gasteiger partial charge in [0.25, 0.3) is 5.84 Å². The van der Waals surface area contributed by atoms with Crippen LogP contribution in [0.3, 0.4) is 0 Å². The first-order valence-electron chi connectivity index (χ1n) is 11.8. The number of amidine groups is 1. The van der Waals surface area contributed by atoms with Gasteiger partial charge >= 0.3 is 5.91 Å². The molecule has 0 fully saturated rings. The number of nitrogens with zero attached hydrogens (tertiary/aromatic N) is 2. The van der Waals surface area contributed by atoms with Crippen molar-refractivity contribution in [2.24, 2.45) is 4.99 Å². The summed E-state index contributed by atoms with van der Waals surface area (Å²) in [4.78, 5) is 24.2. The zero-order valence-corrected chi connectivity index (χ0v) is 19.4. The van der Waals surface area contributed by atoms with Gasteiger partial charge in [-0.15, -0.1) is 0 Å². The molecule has 2 aliphatic heterocycles. The van der Waals surface area contributed by atoms with E-state index in [4.69, 9.17) is 9.73 Å². The van der Waals surface area contributed by atoms with Gasteiger partial charge < -0.3 is 4.74 Å². The predicted octanol–water partition coefficient (Wildman–Crippen LogP) is 1.37. The Morgan fingerprint density at radius 2 is 1.77 bits per heavy atom. The van der Waals surface area contributed by atoms with Gasteiger partial charge in [-0.05, 0) is 47.0 Å². The van der Waals surface area contributed by atoms with Gasteiger partial charge in [0.1, 0.15) is 11.2 Å². The number of carbonyl (C=O) groups is 1. The maximum atomic E-state index is 13.7. The minimum absolute atomic E-state index is 0.0116. The summed E-state index contributed by atoms with van der Waals surface area (Å²) in [6.07, 6.45) is 5.87. The van der Waals surface area contributed by atoms with Crippen molar-refractivity contribution >= 4 is 23.5 Å². The zero-order chi connectivity index (χ0) is 23.9. The van der Waals surface area contributed by atoms with E-state index < -0.39 is 6.04 Å². The topological polar surface area (TPSA) is 55.9 Å². The number of anilines is 1. The van der Waals surface area contributed by atoms with Crippen LogP contribution < -0.4 is 20.5 Å². The number of methoxy groups -OCH3 is 1. The van der Waals surface area contributed by atoms with Crippen molar-refractivity contribution in [3.63, 3.8) is 0 Å². The Morgan fingerprint density at radius 1 is 1.00 bits per heavy atom. The number of rotatable bonds is 5. The van der Waals surface area contributed by atoms with Gasteiger partial charge in [0.05, 0.1) is 12.9 Å². The highest BCUT2D eigenvalue weighted by Crippen LogP contribution is 2.22. The van der Waals surface area contributed by atoms with Crippen molar-refractivity contribution in [3.05, 3.63) is 112 Å². The van der Waals surface area contributed by atoms with Crippen LogP contribution in [0.1, 0.15) is 16.7 Å². The maximum Gasteiger partial charge on any atom is 0.359 e. The molecule has 2 atom stereocenters. The average molecular weight is 467 g/mol. The lowest BCUT2D eigenvalue weighted by Gasteiger charge is -2.22. The number of hydrogen-bond donors (Lipinski definition) is 1. The smallest absolute Gasteiger partial charge is 0.359 e. The van der Waals surface area contributed by atoms with Crippen LogP contribution in [0.2, 0.25) is 0 Å². The summed E-state index contributed by atoms with van der Waals surface area (Å²) in [5, 5.41) is 1.88. The number of hydrogen-bond acceptors (Lipinski definition) is 3. The van der Waals surface area contributed by atoms with E-state index >= 15 is 0 Å². The van der Waals surface area contributed by atoms with E-state index in [0.29, 0.717) is 19.3 Å². The third-order valence-electron chi connectivity index (χ3n) is 6.90. The molecule has 3 aliphatic rings. The van der Waals surface area contributed by atoms with Gasteiger partial charge in [0.15, 0.2) is 17.8 Å². The van der Waals surface area contributed by atoms with E-state index in [1.165, 1.54) is 12.1 Å². The first kappa shape index (κ1) is 21.5. The quantitative estimate of drug-likeness (QED) is 0.618. The summed E-state index contributed by atoms with van der Waals surface area (Å²) >= 11 is 0. The number of ether oxygens (including phenoxy) is 1. The minimum atomic E-state index is -0.435. The van der Waals surface area contributed by atoms with E-state index in [1.807, 2.05) is 41.3 Å². The second-order valence-electron chi connectivity index (χ2n) is 9.11. The van der Waals surface area contributed by atoms with Crippen molar-refractivity contribution < 1.29 is 18.9 Å². The highest BCUT2D eigenvalue weighted by molar-refractivity contribution is 6.21. The van der Waals surface area contributed by atoms with Crippen molar-refractivity contribution in [1.29, 1.82) is 0 Å². The van der Waals surface area contributed by atoms with Crippen LogP contribution in [-0.2, 0) is 28.8 Å². The maximum absolute atomic E-state index is 13.7. The Labute approximate surface area is 202 Å². The Hall–Kier alpha value is -4.06. The number of allylic oxidation sites excluding steroid dienone is 2. The number of carbonyl (C=O) groups excluding carboxylic acids is 1. The molecule has 0 spiro atoms. The van der Waals surface area contributed by atoms with E-state index in [0.717, 1.165) is 44.5 Å². The van der Waals surface area contributed by atoms with E-state index in [1.54, 1.807) is 19.2 Å². The Kier molecular flexibility index (Phi) is 5.29. The van der Waals surface area contributed by atoms with Crippen LogP contribution in [0.4, 0.5) is 10.1 Å². The molecule has 0 saturated heterocycles. The molecule has 174 valence electrons. The summed E-state index contributed by atoms with van der Waals surface area (Å²) in [5.74, 6) is 1.41. The van der Waals surface area contributed by atoms with Crippen LogP contribution in [0, 0.1) is 5.82 Å². The van der Waals surface area contributed by atoms with Gasteiger partial charge in [-0.25, -0.2) is 9.18 Å². The molecule has 1 aliphatic carbocycles. The second kappa shape index (κ2) is 8.62. The number of benzene rings is 3. The molecule has 5 nitrogen and oxygen atoms in total. The van der Waals surface area contributed by atoms with Crippen LogP contribution in [0.5, 0.6) is 0 Å². The molecule has 0 radical (unpaired) electrons. The zero-order valence-electron chi connectivity index (χ0n) is 19.4. The largest absolute Gasteiger partial charge is 0.501 e. The second-order valence-corrected chi connectivity index (χ2v) is 9.11. The fourth-order valence-corrected chi connectivity index (χ4v) is 5.12. The van der Waals surface area contributed by atoms with Crippen molar-refractivity contribution in [2.45, 2.75) is 31.3 Å². The highest BCUT2D eigenvalue weighted by Gasteiger charge is 2.49. The molecule has 35 heavy (non-hydrogen) atoms. The molecule has 2 unspecified atom stereocenters. The first-order valence-corrected chi connectivity index (χ1v) is 11.8. The monoisotopic (exact) mass is 466 g/mol. The third-order valence-corrected chi connectivity index (χ3v) is 6.90. The number of amides is 1. The van der Waals surface area contributed by atoms with Crippen LogP contribution in [0.15, 0.2) is 83.6 Å². The summed E-state index contributed by atoms with van der Waals surface area (Å²) in [6, 6.07) is 19.9. The molecule has 3 aromatic carbocycles. The molecular formula is C29H25FN3O2+. The summed E-state index contributed by atoms with van der Waals surface area (Å²) < 4.78 is 18.9. The number of fused-ring (bicyclic) bond motifs is 5. The molecular weight excluding hydrogens is 441 g/mol. The Balaban J connectivity index is 1.46. The van der Waals surface area contributed by atoms with Crippen molar-refractivity contribution in [2.75, 3.05) is 12.0 Å². The SMILES string of the molecule is COC1=CC=c2c(ccc3c2=NC(Cc2ccccc2)C2=[NH+]C(Cc4ccc(F)cc4)C(=O)N23)C1. The van der Waals surface area contributed by atoms with Crippen LogP contribution in [0.25, 0.3) is 6.08 Å². The fraction of sp³-hybridized carbons (Fsp3) is 0.207. The lowest BCUT2D eigenvalue weighted by atomic mass is 9.98. The molecule has 3 aromatic rings. The van der Waals surface area contributed by atoms with Gasteiger partial charge in [0.2, 0.25) is 0 Å². The van der Waals surface area contributed by atoms with E-state index in [2.05, 4.69) is 23.2 Å². The van der Waals surface area contributed by atoms with Gasteiger partial charge in [-0.3, -0.25) is 9.98 Å². The minimum Gasteiger partial charge on any atom is -0.501 e. The normalized spacial score (nSPS) is 20.1. The Morgan fingerprint density at radius 3 is 2.54 bits per heavy atom. The third kappa shape index (κ3) is 3.85. The summed E-state index contributed by atoms with van der Waals surface area (Å²) in [5.41, 5.74) is 4.00. The number of nitrogens with one attached hydrogen (secondary N) is 1. The average Bonchev–Trinajstić information content (AvgIpc) is 3.22. The summed E-state index contributed by atoms with van der Waals surface area (Å²) in [6.45, 7) is 0. The van der Waals surface area contributed by atoms with E-state index in [9.17, 15) is 9.18 Å². The molecule has 0 aromatic heterocycles. The molecule has 0 bridgehead atoms. The molecule has 6 heteroatoms. The molecule has 1 N–H and O–H groups in total. The Bertz CT molecular complexity index is 1490. The molecule has 6 rings (SSSR count). The van der Waals surface area contributed by atoms with Crippen molar-refractivity contribution in [3.8, 4) is 0 Å².